The lowest BCUT2D eigenvalue weighted by Crippen LogP contribution is -2.34. The first kappa shape index (κ1) is 11.2. The van der Waals surface area contributed by atoms with Crippen LogP contribution in [0.5, 0.6) is 0 Å². The van der Waals surface area contributed by atoms with Crippen molar-refractivity contribution in [2.45, 2.75) is 12.8 Å². The van der Waals surface area contributed by atoms with E-state index in [1.165, 1.54) is 0 Å². The summed E-state index contributed by atoms with van der Waals surface area (Å²) in [7, 11) is 0. The summed E-state index contributed by atoms with van der Waals surface area (Å²) in [6, 6.07) is 0. The average molecular weight is 198 g/mol. The minimum absolute atomic E-state index is 0.134. The molecule has 0 radical (unpaired) electrons. The molecule has 14 heavy (non-hydrogen) atoms. The number of amides is 1. The Hall–Kier alpha value is -0.870. The third-order valence-corrected chi connectivity index (χ3v) is 2.29. The topological polar surface area (TPSA) is 64.3 Å². The Morgan fingerprint density at radius 2 is 2.14 bits per heavy atom. The summed E-state index contributed by atoms with van der Waals surface area (Å²) < 4.78 is 5.18. The minimum atomic E-state index is 0.134. The van der Waals surface area contributed by atoms with Crippen molar-refractivity contribution in [1.29, 1.82) is 0 Å². The number of rotatable bonds is 4. The molecule has 1 heterocycles. The Morgan fingerprint density at radius 3 is 2.79 bits per heavy atom. The van der Waals surface area contributed by atoms with Gasteiger partial charge in [-0.25, -0.2) is 0 Å². The number of nitrogens with one attached hydrogen (secondary N) is 1. The van der Waals surface area contributed by atoms with Crippen LogP contribution in [-0.2, 0) is 9.53 Å². The van der Waals surface area contributed by atoms with Gasteiger partial charge >= 0.3 is 0 Å². The van der Waals surface area contributed by atoms with Crippen LogP contribution >= 0.6 is 0 Å². The quantitative estimate of drug-likeness (QED) is 0.627. The average Bonchev–Trinajstić information content (AvgIpc) is 2.25. The van der Waals surface area contributed by atoms with Crippen LogP contribution in [0.1, 0.15) is 12.8 Å². The molecule has 4 nitrogen and oxygen atoms in total. The fourth-order valence-electron chi connectivity index (χ4n) is 1.44. The maximum Gasteiger partial charge on any atom is 0.223 e. The van der Waals surface area contributed by atoms with E-state index in [1.54, 1.807) is 0 Å². The second kappa shape index (κ2) is 6.56. The van der Waals surface area contributed by atoms with Crippen molar-refractivity contribution >= 4 is 5.91 Å². The number of hydrogen-bond acceptors (Lipinski definition) is 3. The van der Waals surface area contributed by atoms with Crippen LogP contribution in [0.25, 0.3) is 0 Å². The summed E-state index contributed by atoms with van der Waals surface area (Å²) in [4.78, 5) is 11.5. The molecule has 0 aromatic rings. The van der Waals surface area contributed by atoms with Crippen molar-refractivity contribution in [3.05, 3.63) is 12.2 Å². The lowest BCUT2D eigenvalue weighted by Gasteiger charge is -2.20. The molecule has 0 saturated carbocycles. The fraction of sp³-hybridized carbons (Fsp3) is 0.700. The standard InChI is InChI=1S/C10H18N2O2/c11-5-1-2-6-12-10(13)9-3-7-14-8-4-9/h1-2,9H,3-8,11H2,(H,12,13)/b2-1+. The van der Waals surface area contributed by atoms with Crippen molar-refractivity contribution in [3.63, 3.8) is 0 Å². The maximum atomic E-state index is 11.5. The van der Waals surface area contributed by atoms with Gasteiger partial charge in [-0.2, -0.15) is 0 Å². The Morgan fingerprint density at radius 1 is 1.43 bits per heavy atom. The van der Waals surface area contributed by atoms with Crippen LogP contribution in [0.4, 0.5) is 0 Å². The van der Waals surface area contributed by atoms with Gasteiger partial charge in [0.1, 0.15) is 0 Å². The molecule has 1 fully saturated rings. The SMILES string of the molecule is NC/C=C/CNC(=O)C1CCOCC1. The molecule has 0 aromatic carbocycles. The number of ether oxygens (including phenoxy) is 1. The van der Waals surface area contributed by atoms with E-state index in [0.29, 0.717) is 26.3 Å². The van der Waals surface area contributed by atoms with Crippen LogP contribution < -0.4 is 11.1 Å². The molecule has 0 atom stereocenters. The zero-order valence-electron chi connectivity index (χ0n) is 8.37. The lowest BCUT2D eigenvalue weighted by molar-refractivity contribution is -0.127. The summed E-state index contributed by atoms with van der Waals surface area (Å²) in [6.45, 7) is 2.51. The number of carbonyl (C=O) groups excluding carboxylic acids is 1. The highest BCUT2D eigenvalue weighted by atomic mass is 16.5. The van der Waals surface area contributed by atoms with Gasteiger partial charge in [0, 0.05) is 32.2 Å². The van der Waals surface area contributed by atoms with Crippen LogP contribution in [0.2, 0.25) is 0 Å². The highest BCUT2D eigenvalue weighted by molar-refractivity contribution is 5.78. The Balaban J connectivity index is 2.16. The van der Waals surface area contributed by atoms with E-state index in [9.17, 15) is 4.79 Å². The molecule has 4 heteroatoms. The first-order chi connectivity index (χ1) is 6.84. The number of nitrogens with two attached hydrogens (primary N) is 1. The molecule has 1 saturated heterocycles. The van der Waals surface area contributed by atoms with Crippen molar-refractivity contribution in [2.75, 3.05) is 26.3 Å². The van der Waals surface area contributed by atoms with E-state index in [1.807, 2.05) is 12.2 Å². The molecule has 1 aliphatic heterocycles. The highest BCUT2D eigenvalue weighted by Crippen LogP contribution is 2.14. The van der Waals surface area contributed by atoms with Crippen LogP contribution in [-0.4, -0.2) is 32.2 Å². The smallest absolute Gasteiger partial charge is 0.223 e. The van der Waals surface area contributed by atoms with Gasteiger partial charge in [-0.3, -0.25) is 4.79 Å². The molecule has 0 spiro atoms. The maximum absolute atomic E-state index is 11.5. The van der Waals surface area contributed by atoms with Crippen molar-refractivity contribution < 1.29 is 9.53 Å². The first-order valence-corrected chi connectivity index (χ1v) is 5.05. The van der Waals surface area contributed by atoms with Gasteiger partial charge in [0.2, 0.25) is 5.91 Å². The summed E-state index contributed by atoms with van der Waals surface area (Å²) >= 11 is 0. The Kier molecular flexibility index (Phi) is 5.25. The molecular formula is C10H18N2O2. The predicted molar refractivity (Wildman–Crippen MR) is 54.7 cm³/mol. The van der Waals surface area contributed by atoms with Gasteiger partial charge in [-0.1, -0.05) is 12.2 Å². The van der Waals surface area contributed by atoms with Crippen molar-refractivity contribution in [1.82, 2.24) is 5.32 Å². The van der Waals surface area contributed by atoms with Gasteiger partial charge in [0.15, 0.2) is 0 Å². The second-order valence-corrected chi connectivity index (χ2v) is 3.34. The Bertz CT molecular complexity index is 198. The normalized spacial score (nSPS) is 18.6. The molecule has 0 aliphatic carbocycles. The number of hydrogen-bond donors (Lipinski definition) is 2. The zero-order valence-corrected chi connectivity index (χ0v) is 8.37. The highest BCUT2D eigenvalue weighted by Gasteiger charge is 2.20. The molecule has 80 valence electrons. The minimum Gasteiger partial charge on any atom is -0.381 e. The van der Waals surface area contributed by atoms with E-state index in [-0.39, 0.29) is 11.8 Å². The van der Waals surface area contributed by atoms with Gasteiger partial charge in [-0.15, -0.1) is 0 Å². The molecule has 1 aliphatic rings. The van der Waals surface area contributed by atoms with Crippen LogP contribution in [0.3, 0.4) is 0 Å². The van der Waals surface area contributed by atoms with Crippen LogP contribution in [0.15, 0.2) is 12.2 Å². The molecule has 1 amide bonds. The summed E-state index contributed by atoms with van der Waals surface area (Å²) in [6.07, 6.45) is 5.39. The molecule has 3 N–H and O–H groups in total. The monoisotopic (exact) mass is 198 g/mol. The molecule has 0 bridgehead atoms. The third kappa shape index (κ3) is 3.89. The van der Waals surface area contributed by atoms with Crippen molar-refractivity contribution in [3.8, 4) is 0 Å². The second-order valence-electron chi connectivity index (χ2n) is 3.34. The van der Waals surface area contributed by atoms with Crippen molar-refractivity contribution in [2.24, 2.45) is 11.7 Å². The molecule has 1 rings (SSSR count). The molecular weight excluding hydrogens is 180 g/mol. The van der Waals surface area contributed by atoms with Crippen LogP contribution in [0, 0.1) is 5.92 Å². The Labute approximate surface area is 84.5 Å². The van der Waals surface area contributed by atoms with E-state index < -0.39 is 0 Å². The van der Waals surface area contributed by atoms with Gasteiger partial charge in [-0.05, 0) is 12.8 Å². The van der Waals surface area contributed by atoms with E-state index in [4.69, 9.17) is 10.5 Å². The van der Waals surface area contributed by atoms with Gasteiger partial charge in [0.25, 0.3) is 0 Å². The summed E-state index contributed by atoms with van der Waals surface area (Å²) in [5, 5.41) is 2.85. The predicted octanol–water partition coefficient (Wildman–Crippen LogP) is 0.0441. The molecule has 0 unspecified atom stereocenters. The third-order valence-electron chi connectivity index (χ3n) is 2.29. The zero-order chi connectivity index (χ0) is 10.2. The van der Waals surface area contributed by atoms with E-state index >= 15 is 0 Å². The van der Waals surface area contributed by atoms with E-state index in [0.717, 1.165) is 12.8 Å². The summed E-state index contributed by atoms with van der Waals surface area (Å²) in [5.74, 6) is 0.269. The summed E-state index contributed by atoms with van der Waals surface area (Å²) in [5.41, 5.74) is 5.27. The first-order valence-electron chi connectivity index (χ1n) is 5.05. The largest absolute Gasteiger partial charge is 0.381 e. The van der Waals surface area contributed by atoms with E-state index in [2.05, 4.69) is 5.32 Å². The van der Waals surface area contributed by atoms with Gasteiger partial charge < -0.3 is 15.8 Å². The number of carbonyl (C=O) groups is 1. The van der Waals surface area contributed by atoms with Gasteiger partial charge in [0.05, 0.1) is 0 Å². The fourth-order valence-corrected chi connectivity index (χ4v) is 1.44. The molecule has 0 aromatic heterocycles. The lowest BCUT2D eigenvalue weighted by atomic mass is 9.99.